The highest BCUT2D eigenvalue weighted by atomic mass is 19.1. The van der Waals surface area contributed by atoms with Gasteiger partial charge in [-0.15, -0.1) is 0 Å². The van der Waals surface area contributed by atoms with Crippen LogP contribution in [-0.2, 0) is 6.54 Å². The Kier molecular flexibility index (Phi) is 3.31. The zero-order valence-electron chi connectivity index (χ0n) is 9.01. The van der Waals surface area contributed by atoms with Crippen molar-refractivity contribution in [2.45, 2.75) is 6.54 Å². The van der Waals surface area contributed by atoms with Gasteiger partial charge in [-0.05, 0) is 6.07 Å². The van der Waals surface area contributed by atoms with Gasteiger partial charge in [-0.1, -0.05) is 0 Å². The minimum absolute atomic E-state index is 0.0368. The number of aromatic amines is 1. The van der Waals surface area contributed by atoms with Crippen LogP contribution in [0.25, 0.3) is 0 Å². The van der Waals surface area contributed by atoms with Crippen LogP contribution in [0.3, 0.4) is 0 Å². The lowest BCUT2D eigenvalue weighted by atomic mass is 10.1. The number of carbonyl (C=O) groups excluding carboxylic acids is 1. The number of rotatable bonds is 3. The Morgan fingerprint density at radius 2 is 1.94 bits per heavy atom. The molecule has 0 unspecified atom stereocenters. The molecule has 0 aliphatic rings. The van der Waals surface area contributed by atoms with Crippen molar-refractivity contribution in [2.24, 2.45) is 0 Å². The number of halogens is 3. The molecule has 4 nitrogen and oxygen atoms in total. The van der Waals surface area contributed by atoms with Crippen molar-refractivity contribution in [3.05, 3.63) is 53.1 Å². The number of hydrogen-bond acceptors (Lipinski definition) is 2. The zero-order valence-corrected chi connectivity index (χ0v) is 9.01. The van der Waals surface area contributed by atoms with Gasteiger partial charge in [0.1, 0.15) is 23.0 Å². The predicted octanol–water partition coefficient (Wildman–Crippen LogP) is 1.76. The van der Waals surface area contributed by atoms with Gasteiger partial charge in [0.25, 0.3) is 5.91 Å². The van der Waals surface area contributed by atoms with Crippen LogP contribution in [0.1, 0.15) is 16.1 Å². The van der Waals surface area contributed by atoms with Crippen molar-refractivity contribution in [1.29, 1.82) is 0 Å². The topological polar surface area (TPSA) is 57.8 Å². The van der Waals surface area contributed by atoms with E-state index in [-0.39, 0.29) is 6.54 Å². The summed E-state index contributed by atoms with van der Waals surface area (Å²) in [7, 11) is 0. The van der Waals surface area contributed by atoms with Gasteiger partial charge >= 0.3 is 0 Å². The predicted molar refractivity (Wildman–Crippen MR) is 56.1 cm³/mol. The summed E-state index contributed by atoms with van der Waals surface area (Å²) in [5.41, 5.74) is -0.234. The first-order chi connectivity index (χ1) is 8.58. The highest BCUT2D eigenvalue weighted by Crippen LogP contribution is 2.14. The van der Waals surface area contributed by atoms with Crippen LogP contribution >= 0.6 is 0 Å². The molecule has 18 heavy (non-hydrogen) atoms. The summed E-state index contributed by atoms with van der Waals surface area (Å²) in [6, 6.07) is 2.50. The highest BCUT2D eigenvalue weighted by molar-refractivity contribution is 5.94. The Morgan fingerprint density at radius 1 is 1.28 bits per heavy atom. The third-order valence-corrected chi connectivity index (χ3v) is 2.23. The molecule has 94 valence electrons. The number of carbonyl (C=O) groups is 1. The maximum atomic E-state index is 13.3. The molecular weight excluding hydrogens is 247 g/mol. The van der Waals surface area contributed by atoms with Gasteiger partial charge < -0.3 is 5.32 Å². The van der Waals surface area contributed by atoms with Crippen molar-refractivity contribution in [2.75, 3.05) is 0 Å². The number of hydrogen-bond donors (Lipinski definition) is 2. The Bertz CT molecular complexity index is 546. The van der Waals surface area contributed by atoms with E-state index in [0.717, 1.165) is 0 Å². The van der Waals surface area contributed by atoms with Crippen molar-refractivity contribution >= 4 is 5.91 Å². The van der Waals surface area contributed by atoms with E-state index < -0.39 is 28.9 Å². The number of nitrogens with zero attached hydrogens (tertiary/aromatic N) is 1. The minimum atomic E-state index is -1.24. The molecular formula is C11H8F3N3O. The molecule has 0 spiro atoms. The van der Waals surface area contributed by atoms with Crippen molar-refractivity contribution < 1.29 is 18.0 Å². The second-order valence-corrected chi connectivity index (χ2v) is 3.51. The molecule has 2 N–H and O–H groups in total. The van der Waals surface area contributed by atoms with Crippen molar-refractivity contribution in [3.63, 3.8) is 0 Å². The molecule has 0 saturated heterocycles. The molecule has 0 radical (unpaired) electrons. The van der Waals surface area contributed by atoms with E-state index in [1.807, 2.05) is 0 Å². The fourth-order valence-corrected chi connectivity index (χ4v) is 1.41. The van der Waals surface area contributed by atoms with Gasteiger partial charge in [0.05, 0.1) is 12.2 Å². The van der Waals surface area contributed by atoms with Gasteiger partial charge in [-0.3, -0.25) is 9.89 Å². The SMILES string of the molecule is O=C(NCc1ccn[nH]1)c1c(F)cc(F)cc1F. The molecule has 1 aromatic carbocycles. The molecule has 1 aromatic heterocycles. The summed E-state index contributed by atoms with van der Waals surface area (Å²) < 4.78 is 39.2. The van der Waals surface area contributed by atoms with Crippen LogP contribution in [0.5, 0.6) is 0 Å². The molecule has 7 heteroatoms. The Hall–Kier alpha value is -2.31. The number of benzene rings is 1. The van der Waals surface area contributed by atoms with E-state index in [9.17, 15) is 18.0 Å². The van der Waals surface area contributed by atoms with Gasteiger partial charge in [-0.25, -0.2) is 13.2 Å². The summed E-state index contributed by atoms with van der Waals surface area (Å²) in [6.07, 6.45) is 1.47. The third-order valence-electron chi connectivity index (χ3n) is 2.23. The Morgan fingerprint density at radius 3 is 2.50 bits per heavy atom. The van der Waals surface area contributed by atoms with Gasteiger partial charge in [0.15, 0.2) is 0 Å². The average Bonchev–Trinajstić information content (AvgIpc) is 2.77. The second kappa shape index (κ2) is 4.91. The van der Waals surface area contributed by atoms with Crippen LogP contribution < -0.4 is 5.32 Å². The molecule has 1 amide bonds. The van der Waals surface area contributed by atoms with Gasteiger partial charge in [0, 0.05) is 18.3 Å². The smallest absolute Gasteiger partial charge is 0.257 e. The summed E-state index contributed by atoms with van der Waals surface area (Å²) in [5.74, 6) is -4.51. The number of amides is 1. The molecule has 2 aromatic rings. The van der Waals surface area contributed by atoms with Crippen LogP contribution in [-0.4, -0.2) is 16.1 Å². The van der Waals surface area contributed by atoms with E-state index in [4.69, 9.17) is 0 Å². The zero-order chi connectivity index (χ0) is 13.1. The quantitative estimate of drug-likeness (QED) is 0.878. The molecule has 0 saturated carbocycles. The molecule has 0 fully saturated rings. The first-order valence-electron chi connectivity index (χ1n) is 4.99. The molecule has 0 aliphatic heterocycles. The minimum Gasteiger partial charge on any atom is -0.346 e. The average molecular weight is 255 g/mol. The van der Waals surface area contributed by atoms with E-state index >= 15 is 0 Å². The normalized spacial score (nSPS) is 10.4. The maximum absolute atomic E-state index is 13.3. The van der Waals surface area contributed by atoms with E-state index in [1.54, 1.807) is 6.07 Å². The van der Waals surface area contributed by atoms with E-state index in [1.165, 1.54) is 6.20 Å². The maximum Gasteiger partial charge on any atom is 0.257 e. The molecule has 2 rings (SSSR count). The van der Waals surface area contributed by atoms with Crippen molar-refractivity contribution in [1.82, 2.24) is 15.5 Å². The summed E-state index contributed by atoms with van der Waals surface area (Å²) in [5, 5.41) is 8.51. The molecule has 0 aliphatic carbocycles. The largest absolute Gasteiger partial charge is 0.346 e. The van der Waals surface area contributed by atoms with Crippen LogP contribution in [0.2, 0.25) is 0 Å². The standard InChI is InChI=1S/C11H8F3N3O/c12-6-3-8(13)10(9(14)4-6)11(18)15-5-7-1-2-16-17-7/h1-4H,5H2,(H,15,18)(H,16,17). The number of aromatic nitrogens is 2. The fraction of sp³-hybridized carbons (Fsp3) is 0.0909. The highest BCUT2D eigenvalue weighted by Gasteiger charge is 2.18. The summed E-state index contributed by atoms with van der Waals surface area (Å²) in [4.78, 5) is 11.5. The Balaban J connectivity index is 2.14. The Labute approximate surface area is 99.8 Å². The lowest BCUT2D eigenvalue weighted by Crippen LogP contribution is -2.25. The molecule has 0 bridgehead atoms. The van der Waals surface area contributed by atoms with Crippen LogP contribution in [0.4, 0.5) is 13.2 Å². The molecule has 0 atom stereocenters. The van der Waals surface area contributed by atoms with Gasteiger partial charge in [-0.2, -0.15) is 5.10 Å². The first-order valence-corrected chi connectivity index (χ1v) is 4.99. The summed E-state index contributed by atoms with van der Waals surface area (Å²) in [6.45, 7) is 0.0368. The van der Waals surface area contributed by atoms with Gasteiger partial charge in [0.2, 0.25) is 0 Å². The monoisotopic (exact) mass is 255 g/mol. The van der Waals surface area contributed by atoms with Crippen LogP contribution in [0, 0.1) is 17.5 Å². The lowest BCUT2D eigenvalue weighted by Gasteiger charge is -2.06. The first kappa shape index (κ1) is 12.2. The number of H-pyrrole nitrogens is 1. The fourth-order valence-electron chi connectivity index (χ4n) is 1.41. The number of nitrogens with one attached hydrogen (secondary N) is 2. The second-order valence-electron chi connectivity index (χ2n) is 3.51. The lowest BCUT2D eigenvalue weighted by molar-refractivity contribution is 0.0942. The third kappa shape index (κ3) is 2.50. The van der Waals surface area contributed by atoms with E-state index in [2.05, 4.69) is 15.5 Å². The van der Waals surface area contributed by atoms with Crippen LogP contribution in [0.15, 0.2) is 24.4 Å². The summed E-state index contributed by atoms with van der Waals surface area (Å²) >= 11 is 0. The van der Waals surface area contributed by atoms with E-state index in [0.29, 0.717) is 17.8 Å². The van der Waals surface area contributed by atoms with Crippen molar-refractivity contribution in [3.8, 4) is 0 Å². The molecule has 1 heterocycles.